The van der Waals surface area contributed by atoms with Gasteiger partial charge in [-0.3, -0.25) is 0 Å². The molecule has 0 spiro atoms. The molecule has 0 aromatic rings. The summed E-state index contributed by atoms with van der Waals surface area (Å²) < 4.78 is 0. The fourth-order valence-corrected chi connectivity index (χ4v) is 0.732. The van der Waals surface area contributed by atoms with Gasteiger partial charge in [-0.05, 0) is 18.6 Å². The molecule has 0 saturated heterocycles. The van der Waals surface area contributed by atoms with Gasteiger partial charge in [0.1, 0.15) is 5.84 Å². The van der Waals surface area contributed by atoms with E-state index < -0.39 is 0 Å². The minimum Gasteiger partial charge on any atom is -0.247 e. The molecule has 0 radical (unpaired) electrons. The minimum absolute atomic E-state index is 0.292. The van der Waals surface area contributed by atoms with Crippen molar-refractivity contribution in [3.63, 3.8) is 0 Å². The molecule has 3 N–H and O–H groups in total. The van der Waals surface area contributed by atoms with E-state index in [4.69, 9.17) is 5.84 Å². The van der Waals surface area contributed by atoms with Crippen LogP contribution in [0.2, 0.25) is 0 Å². The third kappa shape index (κ3) is 5.85. The van der Waals surface area contributed by atoms with E-state index >= 15 is 0 Å². The average molecular weight is 170 g/mol. The summed E-state index contributed by atoms with van der Waals surface area (Å²) in [6.07, 6.45) is 1.82. The van der Waals surface area contributed by atoms with Gasteiger partial charge in [0.25, 0.3) is 0 Å². The minimum atomic E-state index is 0.292. The zero-order valence-corrected chi connectivity index (χ0v) is 8.09. The van der Waals surface area contributed by atoms with Crippen molar-refractivity contribution in [2.75, 3.05) is 0 Å². The van der Waals surface area contributed by atoms with E-state index in [1.165, 1.54) is 0 Å². The summed E-state index contributed by atoms with van der Waals surface area (Å²) in [5.74, 6) is 5.68. The number of amidine groups is 1. The highest BCUT2D eigenvalue weighted by atomic mass is 15.5. The monoisotopic (exact) mass is 170 g/mol. The van der Waals surface area contributed by atoms with Gasteiger partial charge in [-0.1, -0.05) is 20.8 Å². The van der Waals surface area contributed by atoms with E-state index in [0.29, 0.717) is 11.3 Å². The molecule has 0 saturated carbocycles. The molecule has 0 aromatic heterocycles. The van der Waals surface area contributed by atoms with Crippen molar-refractivity contribution in [1.29, 1.82) is 0 Å². The Morgan fingerprint density at radius 3 is 2.42 bits per heavy atom. The molecule has 0 heterocycles. The average Bonchev–Trinajstić information content (AvgIpc) is 1.96. The summed E-state index contributed by atoms with van der Waals surface area (Å²) in [7, 11) is 0. The van der Waals surface area contributed by atoms with Gasteiger partial charge in [-0.15, -0.1) is 5.10 Å². The molecule has 0 aliphatic carbocycles. The van der Waals surface area contributed by atoms with Crippen LogP contribution in [0.5, 0.6) is 0 Å². The second kappa shape index (κ2) is 4.87. The Balaban J connectivity index is 3.90. The number of hydrogen-bond donors (Lipinski definition) is 2. The third-order valence-corrected chi connectivity index (χ3v) is 1.47. The van der Waals surface area contributed by atoms with E-state index in [1.807, 2.05) is 0 Å². The van der Waals surface area contributed by atoms with Gasteiger partial charge >= 0.3 is 0 Å². The van der Waals surface area contributed by atoms with Gasteiger partial charge in [0, 0.05) is 6.42 Å². The quantitative estimate of drug-likeness (QED) is 0.290. The van der Waals surface area contributed by atoms with Crippen LogP contribution in [-0.2, 0) is 0 Å². The molecule has 0 unspecified atom stereocenters. The Morgan fingerprint density at radius 1 is 1.50 bits per heavy atom. The molecule has 0 bridgehead atoms. The Hall–Kier alpha value is -0.900. The number of nitrogens with one attached hydrogen (secondary N) is 1. The molecule has 0 amide bonds. The molecule has 0 aromatic carbocycles. The van der Waals surface area contributed by atoms with E-state index in [-0.39, 0.29) is 0 Å². The summed E-state index contributed by atoms with van der Waals surface area (Å²) in [6, 6.07) is 0. The van der Waals surface area contributed by atoms with Crippen LogP contribution in [-0.4, -0.2) is 12.6 Å². The highest BCUT2D eigenvalue weighted by molar-refractivity contribution is 5.85. The van der Waals surface area contributed by atoms with Crippen LogP contribution in [0.1, 0.15) is 33.6 Å². The molecule has 4 heteroatoms. The lowest BCUT2D eigenvalue weighted by molar-refractivity contribution is 0.385. The maximum Gasteiger partial charge on any atom is 0.148 e. The fourth-order valence-electron chi connectivity index (χ4n) is 0.732. The number of hydrazone groups is 1. The summed E-state index contributed by atoms with van der Waals surface area (Å²) in [5, 5.41) is 3.76. The first kappa shape index (κ1) is 11.1. The lowest BCUT2D eigenvalue weighted by Crippen LogP contribution is -2.17. The Bertz CT molecular complexity index is 166. The number of nitrogens with zero attached hydrogens (tertiary/aromatic N) is 2. The molecule has 0 fully saturated rings. The third-order valence-electron chi connectivity index (χ3n) is 1.47. The van der Waals surface area contributed by atoms with Crippen LogP contribution in [0.25, 0.3) is 0 Å². The normalized spacial score (nSPS) is 12.8. The standard InChI is InChI=1S/C8H18N4/c1-8(2,3)6-5-7(10-4)11-12-9/h12H,4-6,9H2,1-3H3/b11-7-. The number of hydrazine groups is 1. The zero-order chi connectivity index (χ0) is 9.61. The number of aliphatic imine (C=N–C) groups is 1. The Kier molecular flexibility index (Phi) is 4.51. The molecule has 70 valence electrons. The van der Waals surface area contributed by atoms with Crippen LogP contribution in [0.15, 0.2) is 10.1 Å². The first-order valence-corrected chi connectivity index (χ1v) is 3.98. The van der Waals surface area contributed by atoms with Gasteiger partial charge in [0.05, 0.1) is 0 Å². The molecule has 0 rings (SSSR count). The van der Waals surface area contributed by atoms with Gasteiger partial charge in [0.2, 0.25) is 0 Å². The Morgan fingerprint density at radius 2 is 2.08 bits per heavy atom. The van der Waals surface area contributed by atoms with Gasteiger partial charge < -0.3 is 0 Å². The van der Waals surface area contributed by atoms with Crippen molar-refractivity contribution in [2.24, 2.45) is 21.4 Å². The fraction of sp³-hybridized carbons (Fsp3) is 0.750. The highest BCUT2D eigenvalue weighted by Crippen LogP contribution is 2.20. The van der Waals surface area contributed by atoms with Gasteiger partial charge in [0.15, 0.2) is 0 Å². The van der Waals surface area contributed by atoms with E-state index in [9.17, 15) is 0 Å². The highest BCUT2D eigenvalue weighted by Gasteiger charge is 2.10. The first-order chi connectivity index (χ1) is 5.49. The molecule has 4 nitrogen and oxygen atoms in total. The van der Waals surface area contributed by atoms with Crippen LogP contribution in [0, 0.1) is 5.41 Å². The molecule has 0 aliphatic heterocycles. The van der Waals surface area contributed by atoms with Gasteiger partial charge in [-0.2, -0.15) is 0 Å². The lowest BCUT2D eigenvalue weighted by atomic mass is 9.90. The summed E-state index contributed by atoms with van der Waals surface area (Å²) in [4.78, 5) is 3.74. The number of nitrogens with two attached hydrogens (primary N) is 1. The summed E-state index contributed by atoms with van der Waals surface area (Å²) in [6.45, 7) is 9.91. The van der Waals surface area contributed by atoms with Crippen molar-refractivity contribution >= 4 is 12.6 Å². The lowest BCUT2D eigenvalue weighted by Gasteiger charge is -2.16. The molecular formula is C8H18N4. The predicted octanol–water partition coefficient (Wildman–Crippen LogP) is 1.29. The van der Waals surface area contributed by atoms with E-state index in [0.717, 1.165) is 12.8 Å². The zero-order valence-electron chi connectivity index (χ0n) is 8.09. The van der Waals surface area contributed by atoms with Crippen LogP contribution < -0.4 is 11.4 Å². The van der Waals surface area contributed by atoms with Crippen molar-refractivity contribution in [2.45, 2.75) is 33.6 Å². The second-order valence-corrected chi connectivity index (χ2v) is 3.88. The summed E-state index contributed by atoms with van der Waals surface area (Å²) in [5.41, 5.74) is 2.50. The van der Waals surface area contributed by atoms with E-state index in [2.05, 4.69) is 43.1 Å². The Labute approximate surface area is 73.9 Å². The number of rotatable bonds is 3. The first-order valence-electron chi connectivity index (χ1n) is 3.98. The van der Waals surface area contributed by atoms with Crippen LogP contribution in [0.3, 0.4) is 0 Å². The maximum absolute atomic E-state index is 5.02. The van der Waals surface area contributed by atoms with Crippen molar-refractivity contribution in [3.05, 3.63) is 0 Å². The predicted molar refractivity (Wildman–Crippen MR) is 53.0 cm³/mol. The SMILES string of the molecule is C=N/C(CCC(C)(C)C)=N\NN. The molecule has 12 heavy (non-hydrogen) atoms. The topological polar surface area (TPSA) is 62.8 Å². The summed E-state index contributed by atoms with van der Waals surface area (Å²) >= 11 is 0. The number of hydrogen-bond acceptors (Lipinski definition) is 3. The van der Waals surface area contributed by atoms with Crippen molar-refractivity contribution in [1.82, 2.24) is 5.53 Å². The maximum atomic E-state index is 5.02. The van der Waals surface area contributed by atoms with Gasteiger partial charge in [-0.25, -0.2) is 16.4 Å². The largest absolute Gasteiger partial charge is 0.247 e. The smallest absolute Gasteiger partial charge is 0.148 e. The van der Waals surface area contributed by atoms with Crippen LogP contribution in [0.4, 0.5) is 0 Å². The molecular weight excluding hydrogens is 152 g/mol. The van der Waals surface area contributed by atoms with Crippen molar-refractivity contribution in [3.8, 4) is 0 Å². The molecule has 0 atom stereocenters. The second-order valence-electron chi connectivity index (χ2n) is 3.88. The van der Waals surface area contributed by atoms with E-state index in [1.54, 1.807) is 0 Å². The van der Waals surface area contributed by atoms with Crippen LogP contribution >= 0.6 is 0 Å². The molecule has 0 aliphatic rings. The van der Waals surface area contributed by atoms with Crippen molar-refractivity contribution < 1.29 is 0 Å².